The van der Waals surface area contributed by atoms with Gasteiger partial charge >= 0.3 is 0 Å². The van der Waals surface area contributed by atoms with Gasteiger partial charge in [-0.15, -0.1) is 0 Å². The number of hydrazine groups is 1. The normalized spacial score (nSPS) is 12.3. The van der Waals surface area contributed by atoms with Crippen LogP contribution in [0.3, 0.4) is 0 Å². The summed E-state index contributed by atoms with van der Waals surface area (Å²) in [6, 6.07) is 0.118. The van der Waals surface area contributed by atoms with Gasteiger partial charge in [0.2, 0.25) is 17.8 Å². The summed E-state index contributed by atoms with van der Waals surface area (Å²) in [4.78, 5) is 15.0. The number of nitrogens with two attached hydrogens (primary N) is 1. The van der Waals surface area contributed by atoms with Crippen LogP contribution < -0.4 is 21.5 Å². The first-order valence-corrected chi connectivity index (χ1v) is 7.28. The summed E-state index contributed by atoms with van der Waals surface area (Å²) in [5.41, 5.74) is 2.49. The summed E-state index contributed by atoms with van der Waals surface area (Å²) in [6.45, 7) is 10.5. The fraction of sp³-hybridized carbons (Fsp3) is 0.769. The van der Waals surface area contributed by atoms with Gasteiger partial charge in [-0.2, -0.15) is 15.0 Å². The van der Waals surface area contributed by atoms with E-state index in [2.05, 4.69) is 53.4 Å². The third kappa shape index (κ3) is 4.98. The van der Waals surface area contributed by atoms with Crippen LogP contribution in [0.15, 0.2) is 0 Å². The zero-order valence-corrected chi connectivity index (χ0v) is 13.6. The topological polar surface area (TPSA) is 101 Å². The Bertz CT molecular complexity index is 423. The molecule has 1 rings (SSSR count). The molecule has 0 spiro atoms. The second-order valence-electron chi connectivity index (χ2n) is 5.05. The van der Waals surface area contributed by atoms with Crippen molar-refractivity contribution in [1.82, 2.24) is 15.0 Å². The predicted octanol–water partition coefficient (Wildman–Crippen LogP) is 1.09. The number of ether oxygens (including phenoxy) is 1. The largest absolute Gasteiger partial charge is 0.383 e. The number of nitrogen functional groups attached to an aromatic ring is 1. The molecule has 0 fully saturated rings. The Hall–Kier alpha value is -1.67. The minimum Gasteiger partial charge on any atom is -0.383 e. The van der Waals surface area contributed by atoms with Crippen molar-refractivity contribution >= 4 is 17.8 Å². The number of rotatable bonds is 9. The average Bonchev–Trinajstić information content (AvgIpc) is 2.47. The van der Waals surface area contributed by atoms with E-state index in [1.807, 2.05) is 4.90 Å². The number of hydrogen-bond donors (Lipinski definition) is 3. The molecule has 0 aliphatic rings. The Labute approximate surface area is 126 Å². The van der Waals surface area contributed by atoms with Crippen molar-refractivity contribution in [2.45, 2.75) is 33.7 Å². The van der Waals surface area contributed by atoms with Gasteiger partial charge in [0.25, 0.3) is 0 Å². The van der Waals surface area contributed by atoms with E-state index < -0.39 is 0 Å². The summed E-state index contributed by atoms with van der Waals surface area (Å²) in [7, 11) is 1.68. The van der Waals surface area contributed by atoms with E-state index in [1.165, 1.54) is 0 Å². The van der Waals surface area contributed by atoms with E-state index in [9.17, 15) is 0 Å². The van der Waals surface area contributed by atoms with Gasteiger partial charge in [-0.05, 0) is 19.8 Å². The maximum atomic E-state index is 5.45. The molecule has 1 heterocycles. The van der Waals surface area contributed by atoms with Crippen LogP contribution in [0.25, 0.3) is 0 Å². The number of aromatic nitrogens is 3. The molecule has 0 bridgehead atoms. The Morgan fingerprint density at radius 2 is 1.76 bits per heavy atom. The molecule has 0 radical (unpaired) electrons. The zero-order valence-electron chi connectivity index (χ0n) is 13.6. The van der Waals surface area contributed by atoms with Crippen molar-refractivity contribution in [3.63, 3.8) is 0 Å². The molecule has 0 amide bonds. The van der Waals surface area contributed by atoms with Crippen molar-refractivity contribution in [3.05, 3.63) is 0 Å². The Morgan fingerprint density at radius 3 is 2.24 bits per heavy atom. The fourth-order valence-electron chi connectivity index (χ4n) is 1.89. The molecular weight excluding hydrogens is 270 g/mol. The fourth-order valence-corrected chi connectivity index (χ4v) is 1.89. The van der Waals surface area contributed by atoms with Gasteiger partial charge in [0.1, 0.15) is 0 Å². The Balaban J connectivity index is 3.02. The van der Waals surface area contributed by atoms with Crippen LogP contribution >= 0.6 is 0 Å². The van der Waals surface area contributed by atoms with E-state index in [1.54, 1.807) is 7.11 Å². The van der Waals surface area contributed by atoms with Crippen molar-refractivity contribution < 1.29 is 4.74 Å². The van der Waals surface area contributed by atoms with E-state index in [0.29, 0.717) is 30.4 Å². The molecule has 4 N–H and O–H groups in total. The summed E-state index contributed by atoms with van der Waals surface area (Å²) >= 11 is 0. The molecule has 1 unspecified atom stereocenters. The molecule has 0 aromatic carbocycles. The summed E-state index contributed by atoms with van der Waals surface area (Å²) in [6.07, 6.45) is 0. The van der Waals surface area contributed by atoms with Gasteiger partial charge in [0.05, 0.1) is 12.6 Å². The number of methoxy groups -OCH3 is 1. The van der Waals surface area contributed by atoms with Crippen LogP contribution in [-0.2, 0) is 4.74 Å². The number of nitrogens with zero attached hydrogens (tertiary/aromatic N) is 4. The lowest BCUT2D eigenvalue weighted by atomic mass is 10.1. The van der Waals surface area contributed by atoms with Crippen molar-refractivity contribution in [1.29, 1.82) is 0 Å². The molecule has 1 aromatic rings. The van der Waals surface area contributed by atoms with Crippen LogP contribution in [0.5, 0.6) is 0 Å². The molecule has 8 nitrogen and oxygen atoms in total. The lowest BCUT2D eigenvalue weighted by Crippen LogP contribution is -2.32. The third-order valence-corrected chi connectivity index (χ3v) is 3.26. The minimum atomic E-state index is 0.118. The van der Waals surface area contributed by atoms with Gasteiger partial charge in [-0.1, -0.05) is 13.8 Å². The standard InChI is InChI=1S/C13H27N7O/c1-6-20(7-2)13-17-11(16-12(18-13)19-14)15-10(8-21-5)9(3)4/h9-10H,6-8,14H2,1-5H3,(H2,15,16,17,18,19). The second kappa shape index (κ2) is 8.58. The maximum absolute atomic E-state index is 5.45. The van der Waals surface area contributed by atoms with Crippen LogP contribution in [-0.4, -0.2) is 47.8 Å². The third-order valence-electron chi connectivity index (χ3n) is 3.26. The molecule has 21 heavy (non-hydrogen) atoms. The molecule has 0 aliphatic carbocycles. The SMILES string of the molecule is CCN(CC)c1nc(NN)nc(NC(COC)C(C)C)n1. The highest BCUT2D eigenvalue weighted by Gasteiger charge is 2.17. The van der Waals surface area contributed by atoms with Crippen molar-refractivity contribution in [2.24, 2.45) is 11.8 Å². The van der Waals surface area contributed by atoms with Gasteiger partial charge in [0.15, 0.2) is 0 Å². The number of anilines is 3. The van der Waals surface area contributed by atoms with E-state index in [0.717, 1.165) is 13.1 Å². The number of nitrogens with one attached hydrogen (secondary N) is 2. The molecule has 0 aliphatic heterocycles. The smallest absolute Gasteiger partial charge is 0.243 e. The molecule has 0 saturated carbocycles. The first-order chi connectivity index (χ1) is 10.0. The Morgan fingerprint density at radius 1 is 1.14 bits per heavy atom. The highest BCUT2D eigenvalue weighted by atomic mass is 16.5. The van der Waals surface area contributed by atoms with Gasteiger partial charge < -0.3 is 15.0 Å². The molecule has 0 saturated heterocycles. The number of hydrogen-bond acceptors (Lipinski definition) is 8. The second-order valence-corrected chi connectivity index (χ2v) is 5.05. The maximum Gasteiger partial charge on any atom is 0.243 e. The molecule has 1 aromatic heterocycles. The monoisotopic (exact) mass is 297 g/mol. The molecule has 8 heteroatoms. The molecule has 1 atom stereocenters. The van der Waals surface area contributed by atoms with Crippen LogP contribution in [0.1, 0.15) is 27.7 Å². The van der Waals surface area contributed by atoms with Crippen LogP contribution in [0.4, 0.5) is 17.8 Å². The van der Waals surface area contributed by atoms with Gasteiger partial charge in [-0.3, -0.25) is 5.43 Å². The lowest BCUT2D eigenvalue weighted by Gasteiger charge is -2.23. The predicted molar refractivity (Wildman–Crippen MR) is 85.3 cm³/mol. The molecule has 120 valence electrons. The van der Waals surface area contributed by atoms with Gasteiger partial charge in [-0.25, -0.2) is 5.84 Å². The minimum absolute atomic E-state index is 0.118. The van der Waals surface area contributed by atoms with Crippen LogP contribution in [0.2, 0.25) is 0 Å². The lowest BCUT2D eigenvalue weighted by molar-refractivity contribution is 0.171. The summed E-state index contributed by atoms with van der Waals surface area (Å²) < 4.78 is 5.23. The first-order valence-electron chi connectivity index (χ1n) is 7.28. The zero-order chi connectivity index (χ0) is 15.8. The van der Waals surface area contributed by atoms with E-state index in [4.69, 9.17) is 10.6 Å². The highest BCUT2D eigenvalue weighted by molar-refractivity contribution is 5.43. The molecular formula is C13H27N7O. The van der Waals surface area contributed by atoms with Gasteiger partial charge in [0, 0.05) is 20.2 Å². The highest BCUT2D eigenvalue weighted by Crippen LogP contribution is 2.15. The summed E-state index contributed by atoms with van der Waals surface area (Å²) in [5.74, 6) is 7.27. The van der Waals surface area contributed by atoms with Crippen LogP contribution in [0, 0.1) is 5.92 Å². The van der Waals surface area contributed by atoms with E-state index >= 15 is 0 Å². The quantitative estimate of drug-likeness (QED) is 0.460. The van der Waals surface area contributed by atoms with E-state index in [-0.39, 0.29) is 6.04 Å². The Kier molecular flexibility index (Phi) is 7.10. The average molecular weight is 297 g/mol. The van der Waals surface area contributed by atoms with Crippen molar-refractivity contribution in [3.8, 4) is 0 Å². The summed E-state index contributed by atoms with van der Waals surface area (Å²) in [5, 5.41) is 3.29. The van der Waals surface area contributed by atoms with Crippen molar-refractivity contribution in [2.75, 3.05) is 42.4 Å². The first kappa shape index (κ1) is 17.4.